The van der Waals surface area contributed by atoms with Crippen LogP contribution in [0.2, 0.25) is 5.02 Å². The largest absolute Gasteiger partial charge is 0.355 e. The van der Waals surface area contributed by atoms with Crippen molar-refractivity contribution in [2.75, 3.05) is 13.1 Å². The summed E-state index contributed by atoms with van der Waals surface area (Å²) in [7, 11) is 0. The molecule has 0 aliphatic rings. The summed E-state index contributed by atoms with van der Waals surface area (Å²) in [4.78, 5) is 23.9. The zero-order valence-corrected chi connectivity index (χ0v) is 13.5. The summed E-state index contributed by atoms with van der Waals surface area (Å²) in [6, 6.07) is 7.24. The van der Waals surface area contributed by atoms with Gasteiger partial charge in [-0.15, -0.1) is 0 Å². The molecule has 2 N–H and O–H groups in total. The third kappa shape index (κ3) is 5.76. The maximum atomic E-state index is 12.3. The van der Waals surface area contributed by atoms with Crippen molar-refractivity contribution in [1.29, 1.82) is 0 Å². The Morgan fingerprint density at radius 2 is 1.76 bits per heavy atom. The van der Waals surface area contributed by atoms with Crippen molar-refractivity contribution in [3.05, 3.63) is 34.9 Å². The van der Waals surface area contributed by atoms with E-state index in [0.717, 1.165) is 12.0 Å². The Morgan fingerprint density at radius 3 is 2.29 bits per heavy atom. The molecule has 0 spiro atoms. The molecule has 0 fully saturated rings. The highest BCUT2D eigenvalue weighted by atomic mass is 35.5. The number of carbonyl (C=O) groups is 2. The maximum Gasteiger partial charge on any atom is 0.239 e. The van der Waals surface area contributed by atoms with Crippen LogP contribution in [-0.4, -0.2) is 24.9 Å². The molecule has 1 aromatic rings. The molecule has 0 aliphatic heterocycles. The molecule has 21 heavy (non-hydrogen) atoms. The summed E-state index contributed by atoms with van der Waals surface area (Å²) < 4.78 is 0. The summed E-state index contributed by atoms with van der Waals surface area (Å²) in [6.07, 6.45) is 0.874. The molecule has 0 unspecified atom stereocenters. The van der Waals surface area contributed by atoms with Crippen LogP contribution in [0.5, 0.6) is 0 Å². The van der Waals surface area contributed by atoms with E-state index in [1.165, 1.54) is 0 Å². The molecule has 1 atom stereocenters. The molecular formula is C16H23ClN2O2. The molecule has 0 heterocycles. The lowest BCUT2D eigenvalue weighted by atomic mass is 9.87. The smallest absolute Gasteiger partial charge is 0.239 e. The summed E-state index contributed by atoms with van der Waals surface area (Å²) in [5, 5.41) is 6.07. The zero-order valence-electron chi connectivity index (χ0n) is 12.8. The van der Waals surface area contributed by atoms with Gasteiger partial charge in [-0.25, -0.2) is 0 Å². The maximum absolute atomic E-state index is 12.3. The minimum atomic E-state index is -0.291. The Morgan fingerprint density at radius 1 is 1.14 bits per heavy atom. The predicted octanol–water partition coefficient (Wildman–Crippen LogP) is 2.72. The van der Waals surface area contributed by atoms with E-state index in [-0.39, 0.29) is 30.2 Å². The Hall–Kier alpha value is -1.55. The number of halogens is 1. The van der Waals surface area contributed by atoms with Crippen LogP contribution < -0.4 is 10.6 Å². The van der Waals surface area contributed by atoms with E-state index in [2.05, 4.69) is 10.6 Å². The molecule has 1 aromatic carbocycles. The second-order valence-corrected chi connectivity index (χ2v) is 5.78. The summed E-state index contributed by atoms with van der Waals surface area (Å²) in [6.45, 7) is 6.58. The molecule has 0 saturated carbocycles. The van der Waals surface area contributed by atoms with E-state index in [9.17, 15) is 9.59 Å². The monoisotopic (exact) mass is 310 g/mol. The van der Waals surface area contributed by atoms with Crippen LogP contribution >= 0.6 is 11.6 Å². The Bertz CT molecular complexity index is 472. The van der Waals surface area contributed by atoms with Gasteiger partial charge in [-0.05, 0) is 30.0 Å². The fraction of sp³-hybridized carbons (Fsp3) is 0.500. The predicted molar refractivity (Wildman–Crippen MR) is 85.3 cm³/mol. The fourth-order valence-corrected chi connectivity index (χ4v) is 2.24. The third-order valence-corrected chi connectivity index (χ3v) is 3.43. The Labute approximate surface area is 131 Å². The van der Waals surface area contributed by atoms with E-state index in [1.807, 2.05) is 32.9 Å². The number of hydrogen-bond acceptors (Lipinski definition) is 2. The highest BCUT2D eigenvalue weighted by Gasteiger charge is 2.24. The van der Waals surface area contributed by atoms with Crippen LogP contribution in [0.25, 0.3) is 0 Å². The first-order valence-corrected chi connectivity index (χ1v) is 7.63. The van der Waals surface area contributed by atoms with Gasteiger partial charge in [0.25, 0.3) is 0 Å². The van der Waals surface area contributed by atoms with Crippen LogP contribution in [0.15, 0.2) is 24.3 Å². The van der Waals surface area contributed by atoms with Gasteiger partial charge in [-0.2, -0.15) is 0 Å². The minimum Gasteiger partial charge on any atom is -0.355 e. The van der Waals surface area contributed by atoms with E-state index in [4.69, 9.17) is 11.6 Å². The summed E-state index contributed by atoms with van der Waals surface area (Å²) >= 11 is 5.87. The molecule has 2 amide bonds. The van der Waals surface area contributed by atoms with E-state index in [0.29, 0.717) is 11.6 Å². The lowest BCUT2D eigenvalue weighted by Crippen LogP contribution is -2.40. The van der Waals surface area contributed by atoms with Gasteiger partial charge >= 0.3 is 0 Å². The highest BCUT2D eigenvalue weighted by Crippen LogP contribution is 2.25. The Kier molecular flexibility index (Phi) is 7.23. The van der Waals surface area contributed by atoms with Gasteiger partial charge < -0.3 is 10.6 Å². The second-order valence-electron chi connectivity index (χ2n) is 5.34. The number of hydrogen-bond donors (Lipinski definition) is 2. The average molecular weight is 311 g/mol. The van der Waals surface area contributed by atoms with Gasteiger partial charge in [0.1, 0.15) is 0 Å². The standard InChI is InChI=1S/C16H23ClN2O2/c1-4-9-18-14(20)10-19-16(21)15(11(2)3)12-5-7-13(17)8-6-12/h5-8,11,15H,4,9-10H2,1-3H3,(H,18,20)(H,19,21)/t15-/m0/s1. The van der Waals surface area contributed by atoms with Crippen molar-refractivity contribution in [3.63, 3.8) is 0 Å². The van der Waals surface area contributed by atoms with Crippen molar-refractivity contribution in [2.24, 2.45) is 5.92 Å². The van der Waals surface area contributed by atoms with Gasteiger partial charge in [0.2, 0.25) is 11.8 Å². The number of benzene rings is 1. The molecule has 4 nitrogen and oxygen atoms in total. The van der Waals surface area contributed by atoms with Crippen molar-refractivity contribution >= 4 is 23.4 Å². The number of amides is 2. The Balaban J connectivity index is 2.66. The molecule has 5 heteroatoms. The topological polar surface area (TPSA) is 58.2 Å². The zero-order chi connectivity index (χ0) is 15.8. The fourth-order valence-electron chi connectivity index (χ4n) is 2.11. The highest BCUT2D eigenvalue weighted by molar-refractivity contribution is 6.30. The van der Waals surface area contributed by atoms with E-state index in [1.54, 1.807) is 12.1 Å². The SMILES string of the molecule is CCCNC(=O)CNC(=O)[C@H](c1ccc(Cl)cc1)C(C)C. The van der Waals surface area contributed by atoms with Crippen molar-refractivity contribution in [3.8, 4) is 0 Å². The van der Waals surface area contributed by atoms with Gasteiger partial charge in [-0.3, -0.25) is 9.59 Å². The van der Waals surface area contributed by atoms with Gasteiger partial charge in [0, 0.05) is 11.6 Å². The molecule has 0 aliphatic carbocycles. The third-order valence-electron chi connectivity index (χ3n) is 3.17. The van der Waals surface area contributed by atoms with Crippen LogP contribution in [0.3, 0.4) is 0 Å². The molecular weight excluding hydrogens is 288 g/mol. The first-order chi connectivity index (χ1) is 9.95. The summed E-state index contributed by atoms with van der Waals surface area (Å²) in [5.41, 5.74) is 0.904. The molecule has 0 aromatic heterocycles. The van der Waals surface area contributed by atoms with Crippen molar-refractivity contribution in [2.45, 2.75) is 33.1 Å². The van der Waals surface area contributed by atoms with Crippen molar-refractivity contribution in [1.82, 2.24) is 10.6 Å². The average Bonchev–Trinajstić information content (AvgIpc) is 2.44. The number of carbonyl (C=O) groups excluding carboxylic acids is 2. The van der Waals surface area contributed by atoms with Crippen LogP contribution in [0, 0.1) is 5.92 Å². The van der Waals surface area contributed by atoms with Gasteiger partial charge in [0.15, 0.2) is 0 Å². The molecule has 0 radical (unpaired) electrons. The van der Waals surface area contributed by atoms with Crippen LogP contribution in [0.4, 0.5) is 0 Å². The quantitative estimate of drug-likeness (QED) is 0.813. The lowest BCUT2D eigenvalue weighted by molar-refractivity contribution is -0.127. The van der Waals surface area contributed by atoms with Crippen molar-refractivity contribution < 1.29 is 9.59 Å². The minimum absolute atomic E-state index is 0.00957. The molecule has 1 rings (SSSR count). The van der Waals surface area contributed by atoms with Crippen LogP contribution in [-0.2, 0) is 9.59 Å². The molecule has 0 saturated heterocycles. The number of rotatable bonds is 7. The van der Waals surface area contributed by atoms with Crippen LogP contribution in [0.1, 0.15) is 38.7 Å². The first-order valence-electron chi connectivity index (χ1n) is 7.25. The lowest BCUT2D eigenvalue weighted by Gasteiger charge is -2.20. The van der Waals surface area contributed by atoms with Gasteiger partial charge in [0.05, 0.1) is 12.5 Å². The second kappa shape index (κ2) is 8.67. The molecule has 116 valence electrons. The van der Waals surface area contributed by atoms with Gasteiger partial charge in [-0.1, -0.05) is 44.5 Å². The normalized spacial score (nSPS) is 12.0. The summed E-state index contributed by atoms with van der Waals surface area (Å²) in [5.74, 6) is -0.464. The van der Waals surface area contributed by atoms with E-state index >= 15 is 0 Å². The van der Waals surface area contributed by atoms with E-state index < -0.39 is 0 Å². The number of nitrogens with one attached hydrogen (secondary N) is 2. The molecule has 0 bridgehead atoms. The first kappa shape index (κ1) is 17.5.